The summed E-state index contributed by atoms with van der Waals surface area (Å²) in [5.41, 5.74) is 3.67. The van der Waals surface area contributed by atoms with Crippen LogP contribution in [0.5, 0.6) is 5.75 Å². The van der Waals surface area contributed by atoms with Crippen molar-refractivity contribution >= 4 is 11.9 Å². The van der Waals surface area contributed by atoms with E-state index in [1.807, 2.05) is 19.1 Å². The van der Waals surface area contributed by atoms with Gasteiger partial charge in [0.25, 0.3) is 5.91 Å². The molecule has 1 saturated heterocycles. The van der Waals surface area contributed by atoms with Crippen LogP contribution in [0.4, 0.5) is 0 Å². The molecule has 2 rings (SSSR count). The van der Waals surface area contributed by atoms with Crippen molar-refractivity contribution in [2.45, 2.75) is 39.0 Å². The first-order chi connectivity index (χ1) is 14.1. The Morgan fingerprint density at radius 2 is 2.07 bits per heavy atom. The predicted molar refractivity (Wildman–Crippen MR) is 113 cm³/mol. The topological polar surface area (TPSA) is 106 Å². The molecule has 1 fully saturated rings. The minimum atomic E-state index is -0.124. The first-order valence-electron chi connectivity index (χ1n) is 10.3. The van der Waals surface area contributed by atoms with E-state index in [-0.39, 0.29) is 12.5 Å². The minimum absolute atomic E-state index is 0.0685. The molecule has 0 unspecified atom stereocenters. The molecule has 0 aromatic heterocycles. The highest BCUT2D eigenvalue weighted by molar-refractivity contribution is 5.95. The lowest BCUT2D eigenvalue weighted by Gasteiger charge is -2.33. The number of carbonyl (C=O) groups excluding carboxylic acids is 1. The van der Waals surface area contributed by atoms with Gasteiger partial charge in [0.2, 0.25) is 5.96 Å². The Morgan fingerprint density at radius 3 is 2.69 bits per heavy atom. The first-order valence-corrected chi connectivity index (χ1v) is 10.3. The molecule has 1 aromatic rings. The average molecular weight is 407 g/mol. The number of nitrogens with zero attached hydrogens (tertiary/aromatic N) is 2. The van der Waals surface area contributed by atoms with Gasteiger partial charge < -0.3 is 20.1 Å². The molecule has 1 aliphatic rings. The zero-order valence-corrected chi connectivity index (χ0v) is 17.5. The number of guanidine groups is 1. The molecule has 0 atom stereocenters. The number of hydroxylamine groups is 1. The van der Waals surface area contributed by atoms with Crippen LogP contribution in [0, 0.1) is 12.8 Å². The van der Waals surface area contributed by atoms with Crippen LogP contribution in [0.25, 0.3) is 0 Å². The molecular formula is C21H34N4O4. The number of aliphatic hydroxyl groups is 1. The Balaban J connectivity index is 1.69. The lowest BCUT2D eigenvalue weighted by atomic mass is 9.92. The van der Waals surface area contributed by atoms with Crippen LogP contribution < -0.4 is 15.5 Å². The van der Waals surface area contributed by atoms with Gasteiger partial charge in [-0.15, -0.1) is 0 Å². The van der Waals surface area contributed by atoms with Crippen LogP contribution >= 0.6 is 0 Å². The Hall–Kier alpha value is -2.32. The third-order valence-electron chi connectivity index (χ3n) is 5.31. The number of amides is 1. The van der Waals surface area contributed by atoms with Crippen LogP contribution in [0.3, 0.4) is 0 Å². The zero-order chi connectivity index (χ0) is 21.1. The van der Waals surface area contributed by atoms with Gasteiger partial charge >= 0.3 is 0 Å². The fraction of sp³-hybridized carbons (Fsp3) is 0.619. The number of benzene rings is 1. The summed E-state index contributed by atoms with van der Waals surface area (Å²) in [6, 6.07) is 5.52. The van der Waals surface area contributed by atoms with Gasteiger partial charge in [-0.3, -0.25) is 15.0 Å². The van der Waals surface area contributed by atoms with Crippen molar-refractivity contribution in [1.82, 2.24) is 15.7 Å². The molecule has 0 aliphatic carbocycles. The van der Waals surface area contributed by atoms with E-state index in [1.54, 1.807) is 13.1 Å². The average Bonchev–Trinajstić information content (AvgIpc) is 2.73. The summed E-state index contributed by atoms with van der Waals surface area (Å²) < 4.78 is 5.87. The summed E-state index contributed by atoms with van der Waals surface area (Å²) in [6.45, 7) is 4.88. The number of carbonyl (C=O) groups is 1. The van der Waals surface area contributed by atoms with Crippen LogP contribution in [0.15, 0.2) is 23.2 Å². The van der Waals surface area contributed by atoms with Gasteiger partial charge in [0, 0.05) is 38.9 Å². The van der Waals surface area contributed by atoms with Crippen LogP contribution in [-0.2, 0) is 0 Å². The molecule has 0 bridgehead atoms. The van der Waals surface area contributed by atoms with E-state index in [4.69, 9.17) is 15.1 Å². The first kappa shape index (κ1) is 23.0. The number of piperidine rings is 1. The van der Waals surface area contributed by atoms with Gasteiger partial charge in [-0.2, -0.15) is 0 Å². The number of ether oxygens (including phenoxy) is 1. The number of nitrogens with one attached hydrogen (secondary N) is 2. The maximum Gasteiger partial charge on any atom is 0.251 e. The van der Waals surface area contributed by atoms with Crippen LogP contribution in [-0.4, -0.2) is 67.0 Å². The molecular weight excluding hydrogens is 372 g/mol. The number of aliphatic hydroxyl groups excluding tert-OH is 1. The summed E-state index contributed by atoms with van der Waals surface area (Å²) in [5, 5.41) is 20.7. The van der Waals surface area contributed by atoms with Crippen molar-refractivity contribution in [3.63, 3.8) is 0 Å². The van der Waals surface area contributed by atoms with Crippen molar-refractivity contribution in [1.29, 1.82) is 0 Å². The lowest BCUT2D eigenvalue weighted by Crippen LogP contribution is -2.44. The van der Waals surface area contributed by atoms with Crippen molar-refractivity contribution in [3.8, 4) is 5.75 Å². The number of hydrogen-bond acceptors (Lipinski definition) is 5. The lowest BCUT2D eigenvalue weighted by molar-refractivity contribution is 0.0950. The van der Waals surface area contributed by atoms with Crippen LogP contribution in [0.2, 0.25) is 0 Å². The normalized spacial score (nSPS) is 15.3. The quantitative estimate of drug-likeness (QED) is 0.216. The molecule has 0 radical (unpaired) electrons. The van der Waals surface area contributed by atoms with Gasteiger partial charge in [-0.1, -0.05) is 0 Å². The standard InChI is InChI=1S/C21H34N4O4/c1-16-15-18(6-7-19(16)20(27)23-10-4-13-26)29-14-3-5-17-8-11-25(12-9-17)21(22-2)24-28/h6-7,15,17,26,28H,3-5,8-14H2,1-2H3,(H,22,24)(H,23,27). The molecule has 8 nitrogen and oxygen atoms in total. The predicted octanol–water partition coefficient (Wildman–Crippen LogP) is 1.94. The summed E-state index contributed by atoms with van der Waals surface area (Å²) in [5.74, 6) is 1.86. The third-order valence-corrected chi connectivity index (χ3v) is 5.31. The summed E-state index contributed by atoms with van der Waals surface area (Å²) in [7, 11) is 1.67. The Kier molecular flexibility index (Phi) is 9.73. The molecule has 1 heterocycles. The number of aliphatic imine (C=N–C) groups is 1. The van der Waals surface area contributed by atoms with E-state index in [2.05, 4.69) is 20.7 Å². The molecule has 0 spiro atoms. The monoisotopic (exact) mass is 406 g/mol. The van der Waals surface area contributed by atoms with E-state index in [0.29, 0.717) is 37.0 Å². The van der Waals surface area contributed by atoms with Gasteiger partial charge in [0.15, 0.2) is 0 Å². The number of rotatable bonds is 9. The fourth-order valence-corrected chi connectivity index (χ4v) is 3.61. The van der Waals surface area contributed by atoms with E-state index in [0.717, 1.165) is 50.1 Å². The van der Waals surface area contributed by atoms with Gasteiger partial charge in [0.05, 0.1) is 6.61 Å². The Bertz CT molecular complexity index is 673. The van der Waals surface area contributed by atoms with Crippen molar-refractivity contribution in [2.75, 3.05) is 39.9 Å². The smallest absolute Gasteiger partial charge is 0.251 e. The summed E-state index contributed by atoms with van der Waals surface area (Å²) >= 11 is 0. The summed E-state index contributed by atoms with van der Waals surface area (Å²) in [4.78, 5) is 18.2. The third kappa shape index (κ3) is 7.21. The van der Waals surface area contributed by atoms with Crippen molar-refractivity contribution in [2.24, 2.45) is 10.9 Å². The molecule has 29 heavy (non-hydrogen) atoms. The molecule has 0 saturated carbocycles. The van der Waals surface area contributed by atoms with Gasteiger partial charge in [-0.25, -0.2) is 5.48 Å². The number of hydrogen-bond donors (Lipinski definition) is 4. The fourth-order valence-electron chi connectivity index (χ4n) is 3.61. The SMILES string of the molecule is CN=C(NO)N1CCC(CCCOc2ccc(C(=O)NCCCO)c(C)c2)CC1. The summed E-state index contributed by atoms with van der Waals surface area (Å²) in [6.07, 6.45) is 4.82. The maximum absolute atomic E-state index is 12.1. The number of likely N-dealkylation sites (tertiary alicyclic amines) is 1. The highest BCUT2D eigenvalue weighted by Gasteiger charge is 2.21. The van der Waals surface area contributed by atoms with Crippen LogP contribution in [0.1, 0.15) is 48.0 Å². The maximum atomic E-state index is 12.1. The Labute approximate surface area is 172 Å². The van der Waals surface area contributed by atoms with E-state index < -0.39 is 0 Å². The molecule has 4 N–H and O–H groups in total. The van der Waals surface area contributed by atoms with Crippen molar-refractivity contribution < 1.29 is 19.8 Å². The van der Waals surface area contributed by atoms with E-state index in [9.17, 15) is 4.79 Å². The Morgan fingerprint density at radius 1 is 1.31 bits per heavy atom. The molecule has 162 valence electrons. The molecule has 8 heteroatoms. The van der Waals surface area contributed by atoms with Gasteiger partial charge in [0.1, 0.15) is 5.75 Å². The van der Waals surface area contributed by atoms with E-state index in [1.165, 1.54) is 0 Å². The largest absolute Gasteiger partial charge is 0.494 e. The second kappa shape index (κ2) is 12.3. The second-order valence-corrected chi connectivity index (χ2v) is 7.39. The van der Waals surface area contributed by atoms with Crippen molar-refractivity contribution in [3.05, 3.63) is 29.3 Å². The highest BCUT2D eigenvalue weighted by Crippen LogP contribution is 2.23. The van der Waals surface area contributed by atoms with E-state index >= 15 is 0 Å². The molecule has 1 aliphatic heterocycles. The molecule has 1 aromatic carbocycles. The zero-order valence-electron chi connectivity index (χ0n) is 17.5. The molecule has 1 amide bonds. The number of aryl methyl sites for hydroxylation is 1. The van der Waals surface area contributed by atoms with Gasteiger partial charge in [-0.05, 0) is 68.7 Å². The second-order valence-electron chi connectivity index (χ2n) is 7.39. The minimum Gasteiger partial charge on any atom is -0.494 e. The highest BCUT2D eigenvalue weighted by atomic mass is 16.5.